The second-order valence-corrected chi connectivity index (χ2v) is 6.95. The highest BCUT2D eigenvalue weighted by Gasteiger charge is 2.12. The molecule has 0 spiro atoms. The molecular weight excluding hydrogens is 319 g/mol. The summed E-state index contributed by atoms with van der Waals surface area (Å²) in [5.74, 6) is 0.117. The minimum absolute atomic E-state index is 0.117. The SMILES string of the molecule is O=C(Cc1ccc(Cl)c(Cl)c1)c1cc2sccc2s1. The molecule has 0 aliphatic rings. The lowest BCUT2D eigenvalue weighted by Crippen LogP contribution is -2.00. The third-order valence-electron chi connectivity index (χ3n) is 2.76. The van der Waals surface area contributed by atoms with Crippen LogP contribution in [0.15, 0.2) is 35.7 Å². The van der Waals surface area contributed by atoms with Crippen molar-refractivity contribution in [3.8, 4) is 0 Å². The first-order valence-corrected chi connectivity index (χ1v) is 8.03. The van der Waals surface area contributed by atoms with Crippen LogP contribution in [0.4, 0.5) is 0 Å². The van der Waals surface area contributed by atoms with Gasteiger partial charge in [-0.2, -0.15) is 0 Å². The molecular formula is C14H8Cl2OS2. The highest BCUT2D eigenvalue weighted by molar-refractivity contribution is 7.27. The van der Waals surface area contributed by atoms with Crippen LogP contribution in [0.2, 0.25) is 10.0 Å². The third kappa shape index (κ3) is 2.70. The van der Waals surface area contributed by atoms with Crippen molar-refractivity contribution in [2.24, 2.45) is 0 Å². The summed E-state index contributed by atoms with van der Waals surface area (Å²) < 4.78 is 2.34. The molecule has 1 nitrogen and oxygen atoms in total. The molecule has 3 rings (SSSR count). The first-order chi connectivity index (χ1) is 9.13. The number of fused-ring (bicyclic) bond motifs is 1. The molecule has 0 aliphatic carbocycles. The Morgan fingerprint density at radius 3 is 2.63 bits per heavy atom. The number of carbonyl (C=O) groups excluding carboxylic acids is 1. The standard InChI is InChI=1S/C14H8Cl2OS2/c15-9-2-1-8(5-10(9)16)6-11(17)13-7-14-12(19-13)3-4-18-14/h1-5,7H,6H2. The van der Waals surface area contributed by atoms with E-state index in [1.54, 1.807) is 34.8 Å². The summed E-state index contributed by atoms with van der Waals surface area (Å²) in [5, 5.41) is 3.03. The number of ketones is 1. The van der Waals surface area contributed by atoms with Gasteiger partial charge in [-0.1, -0.05) is 29.3 Å². The lowest BCUT2D eigenvalue weighted by Gasteiger charge is -2.01. The highest BCUT2D eigenvalue weighted by Crippen LogP contribution is 2.31. The molecule has 19 heavy (non-hydrogen) atoms. The van der Waals surface area contributed by atoms with E-state index >= 15 is 0 Å². The van der Waals surface area contributed by atoms with E-state index < -0.39 is 0 Å². The molecule has 2 heterocycles. The quantitative estimate of drug-likeness (QED) is 0.564. The summed E-state index contributed by atoms with van der Waals surface area (Å²) in [6.07, 6.45) is 0.352. The molecule has 5 heteroatoms. The molecule has 0 atom stereocenters. The topological polar surface area (TPSA) is 17.1 Å². The van der Waals surface area contributed by atoms with Crippen molar-refractivity contribution in [2.75, 3.05) is 0 Å². The molecule has 0 unspecified atom stereocenters. The molecule has 2 aromatic heterocycles. The van der Waals surface area contributed by atoms with Crippen molar-refractivity contribution < 1.29 is 4.79 Å². The zero-order valence-electron chi connectivity index (χ0n) is 9.65. The monoisotopic (exact) mass is 326 g/mol. The maximum atomic E-state index is 12.2. The maximum absolute atomic E-state index is 12.2. The van der Waals surface area contributed by atoms with Crippen LogP contribution in [-0.4, -0.2) is 5.78 Å². The van der Waals surface area contributed by atoms with Gasteiger partial charge in [-0.05, 0) is 35.2 Å². The summed E-state index contributed by atoms with van der Waals surface area (Å²) in [5.41, 5.74) is 0.885. The van der Waals surface area contributed by atoms with Gasteiger partial charge >= 0.3 is 0 Å². The van der Waals surface area contributed by atoms with E-state index in [1.165, 1.54) is 9.40 Å². The molecule has 96 valence electrons. The van der Waals surface area contributed by atoms with E-state index in [0.29, 0.717) is 16.5 Å². The summed E-state index contributed by atoms with van der Waals surface area (Å²) in [7, 11) is 0. The first kappa shape index (κ1) is 13.1. The van der Waals surface area contributed by atoms with E-state index in [4.69, 9.17) is 23.2 Å². The van der Waals surface area contributed by atoms with Gasteiger partial charge in [0.2, 0.25) is 0 Å². The van der Waals surface area contributed by atoms with Crippen molar-refractivity contribution in [1.29, 1.82) is 0 Å². The van der Waals surface area contributed by atoms with Gasteiger partial charge in [0, 0.05) is 15.8 Å². The zero-order valence-corrected chi connectivity index (χ0v) is 12.8. The van der Waals surface area contributed by atoms with Crippen LogP contribution < -0.4 is 0 Å². The molecule has 0 saturated carbocycles. The first-order valence-electron chi connectivity index (χ1n) is 5.57. The van der Waals surface area contributed by atoms with Crippen LogP contribution in [-0.2, 0) is 6.42 Å². The van der Waals surface area contributed by atoms with Gasteiger partial charge in [0.15, 0.2) is 5.78 Å². The molecule has 0 amide bonds. The van der Waals surface area contributed by atoms with E-state index in [2.05, 4.69) is 0 Å². The molecule has 3 aromatic rings. The van der Waals surface area contributed by atoms with E-state index in [0.717, 1.165) is 10.4 Å². The van der Waals surface area contributed by atoms with Gasteiger partial charge in [-0.25, -0.2) is 0 Å². The Hall–Kier alpha value is -0.870. The summed E-state index contributed by atoms with van der Waals surface area (Å²) >= 11 is 15.0. The fourth-order valence-corrected chi connectivity index (χ4v) is 4.19. The summed E-state index contributed by atoms with van der Waals surface area (Å²) in [6, 6.07) is 9.31. The van der Waals surface area contributed by atoms with Crippen LogP contribution in [0.3, 0.4) is 0 Å². The lowest BCUT2D eigenvalue weighted by molar-refractivity contribution is 0.0997. The van der Waals surface area contributed by atoms with Gasteiger partial charge in [0.05, 0.1) is 14.9 Å². The third-order valence-corrected chi connectivity index (χ3v) is 5.64. The van der Waals surface area contributed by atoms with Gasteiger partial charge in [0.25, 0.3) is 0 Å². The van der Waals surface area contributed by atoms with Crippen LogP contribution in [0.25, 0.3) is 9.40 Å². The minimum atomic E-state index is 0.117. The van der Waals surface area contributed by atoms with Crippen LogP contribution in [0, 0.1) is 0 Å². The van der Waals surface area contributed by atoms with Gasteiger partial charge in [0.1, 0.15) is 0 Å². The number of Topliss-reactive ketones (excluding diaryl/α,β-unsaturated/α-hetero) is 1. The number of halogens is 2. The molecule has 0 bridgehead atoms. The fourth-order valence-electron chi connectivity index (χ4n) is 1.83. The van der Waals surface area contributed by atoms with E-state index in [1.807, 2.05) is 23.6 Å². The number of benzene rings is 1. The second kappa shape index (κ2) is 5.25. The van der Waals surface area contributed by atoms with Crippen molar-refractivity contribution in [1.82, 2.24) is 0 Å². The molecule has 0 fully saturated rings. The van der Waals surface area contributed by atoms with Crippen molar-refractivity contribution in [3.05, 3.63) is 56.2 Å². The average molecular weight is 327 g/mol. The molecule has 0 saturated heterocycles. The number of thiophene rings is 2. The largest absolute Gasteiger partial charge is 0.293 e. The van der Waals surface area contributed by atoms with Gasteiger partial charge < -0.3 is 0 Å². The Labute approximate surface area is 128 Å². The van der Waals surface area contributed by atoms with E-state index in [-0.39, 0.29) is 5.78 Å². The fraction of sp³-hybridized carbons (Fsp3) is 0.0714. The lowest BCUT2D eigenvalue weighted by atomic mass is 10.1. The highest BCUT2D eigenvalue weighted by atomic mass is 35.5. The number of hydrogen-bond acceptors (Lipinski definition) is 3. The Morgan fingerprint density at radius 1 is 1.05 bits per heavy atom. The van der Waals surface area contributed by atoms with Crippen LogP contribution in [0.1, 0.15) is 15.2 Å². The maximum Gasteiger partial charge on any atom is 0.177 e. The van der Waals surface area contributed by atoms with E-state index in [9.17, 15) is 4.79 Å². The molecule has 0 aliphatic heterocycles. The van der Waals surface area contributed by atoms with Crippen molar-refractivity contribution >= 4 is 61.1 Å². The van der Waals surface area contributed by atoms with Crippen molar-refractivity contribution in [2.45, 2.75) is 6.42 Å². The van der Waals surface area contributed by atoms with Crippen molar-refractivity contribution in [3.63, 3.8) is 0 Å². The average Bonchev–Trinajstić information content (AvgIpc) is 2.94. The minimum Gasteiger partial charge on any atom is -0.293 e. The van der Waals surface area contributed by atoms with Crippen LogP contribution in [0.5, 0.6) is 0 Å². The molecule has 0 radical (unpaired) electrons. The Morgan fingerprint density at radius 2 is 1.89 bits per heavy atom. The number of hydrogen-bond donors (Lipinski definition) is 0. The second-order valence-electron chi connectivity index (χ2n) is 4.11. The van der Waals surface area contributed by atoms with Gasteiger partial charge in [-0.3, -0.25) is 4.79 Å². The predicted molar refractivity (Wildman–Crippen MR) is 84.2 cm³/mol. The summed E-state index contributed by atoms with van der Waals surface area (Å²) in [6.45, 7) is 0. The Balaban J connectivity index is 1.84. The smallest absolute Gasteiger partial charge is 0.177 e. The summed E-state index contributed by atoms with van der Waals surface area (Å²) in [4.78, 5) is 13.0. The number of rotatable bonds is 3. The Kier molecular flexibility index (Phi) is 3.63. The predicted octanol–water partition coefficient (Wildman–Crippen LogP) is 5.70. The Bertz CT molecular complexity index is 729. The molecule has 0 N–H and O–H groups in total. The normalized spacial score (nSPS) is 11.1. The van der Waals surface area contributed by atoms with Gasteiger partial charge in [-0.15, -0.1) is 22.7 Å². The zero-order chi connectivity index (χ0) is 13.4. The molecule has 1 aromatic carbocycles. The van der Waals surface area contributed by atoms with Crippen LogP contribution >= 0.6 is 45.9 Å². The number of carbonyl (C=O) groups is 1.